The molecule has 0 radical (unpaired) electrons. The van der Waals surface area contributed by atoms with Crippen molar-refractivity contribution in [1.29, 1.82) is 0 Å². The van der Waals surface area contributed by atoms with Crippen LogP contribution in [0.15, 0.2) is 30.5 Å². The fourth-order valence-corrected chi connectivity index (χ4v) is 1.83. The molecule has 18 heavy (non-hydrogen) atoms. The average molecular weight is 248 g/mol. The van der Waals surface area contributed by atoms with Gasteiger partial charge in [-0.05, 0) is 30.7 Å². The minimum atomic E-state index is -0.994. The minimum absolute atomic E-state index is 0.196. The van der Waals surface area contributed by atoms with E-state index < -0.39 is 5.97 Å². The molecule has 0 bridgehead atoms. The Bertz CT molecular complexity index is 561. The smallest absolute Gasteiger partial charge is 0.339 e. The molecule has 0 aliphatic carbocycles. The van der Waals surface area contributed by atoms with Crippen LogP contribution in [-0.4, -0.2) is 20.9 Å². The van der Waals surface area contributed by atoms with E-state index in [9.17, 15) is 9.18 Å². The highest BCUT2D eigenvalue weighted by Gasteiger charge is 2.16. The molecule has 0 aliphatic rings. The van der Waals surface area contributed by atoms with Crippen molar-refractivity contribution in [1.82, 2.24) is 9.78 Å². The van der Waals surface area contributed by atoms with Gasteiger partial charge in [-0.3, -0.25) is 0 Å². The third-order valence-corrected chi connectivity index (χ3v) is 2.66. The first-order valence-corrected chi connectivity index (χ1v) is 5.69. The molecule has 2 aromatic rings. The van der Waals surface area contributed by atoms with E-state index >= 15 is 0 Å². The van der Waals surface area contributed by atoms with E-state index in [0.29, 0.717) is 17.8 Å². The molecule has 0 spiro atoms. The summed E-state index contributed by atoms with van der Waals surface area (Å²) < 4.78 is 14.4. The van der Waals surface area contributed by atoms with Gasteiger partial charge in [0, 0.05) is 0 Å². The zero-order chi connectivity index (χ0) is 13.1. The van der Waals surface area contributed by atoms with Crippen molar-refractivity contribution in [2.45, 2.75) is 19.8 Å². The topological polar surface area (TPSA) is 55.1 Å². The summed E-state index contributed by atoms with van der Waals surface area (Å²) >= 11 is 0. The van der Waals surface area contributed by atoms with E-state index in [0.717, 1.165) is 6.42 Å². The van der Waals surface area contributed by atoms with Crippen LogP contribution in [-0.2, 0) is 6.42 Å². The summed E-state index contributed by atoms with van der Waals surface area (Å²) in [7, 11) is 0. The fourth-order valence-electron chi connectivity index (χ4n) is 1.83. The Balaban J connectivity index is 2.50. The van der Waals surface area contributed by atoms with Gasteiger partial charge in [-0.2, -0.15) is 5.10 Å². The van der Waals surface area contributed by atoms with Gasteiger partial charge in [-0.1, -0.05) is 13.3 Å². The molecule has 5 heteroatoms. The number of aromatic nitrogens is 2. The number of halogens is 1. The van der Waals surface area contributed by atoms with Crippen molar-refractivity contribution < 1.29 is 14.3 Å². The first-order chi connectivity index (χ1) is 8.63. The molecule has 94 valence electrons. The van der Waals surface area contributed by atoms with Crippen molar-refractivity contribution in [3.8, 4) is 5.69 Å². The lowest BCUT2D eigenvalue weighted by molar-refractivity contribution is 0.0695. The quantitative estimate of drug-likeness (QED) is 0.905. The number of carboxylic acids is 1. The molecule has 1 N–H and O–H groups in total. The highest BCUT2D eigenvalue weighted by atomic mass is 19.1. The van der Waals surface area contributed by atoms with Crippen molar-refractivity contribution in [2.75, 3.05) is 0 Å². The monoisotopic (exact) mass is 248 g/mol. The number of nitrogens with zero attached hydrogens (tertiary/aromatic N) is 2. The molecule has 1 aromatic carbocycles. The Morgan fingerprint density at radius 2 is 2.06 bits per heavy atom. The fraction of sp³-hybridized carbons (Fsp3) is 0.231. The molecule has 0 aliphatic heterocycles. The number of benzene rings is 1. The highest BCUT2D eigenvalue weighted by Crippen LogP contribution is 2.17. The molecular formula is C13H13FN2O2. The number of aromatic carboxylic acids is 1. The second-order valence-corrected chi connectivity index (χ2v) is 3.95. The molecule has 0 fully saturated rings. The lowest BCUT2D eigenvalue weighted by Crippen LogP contribution is -2.06. The Labute approximate surface area is 104 Å². The van der Waals surface area contributed by atoms with Gasteiger partial charge in [0.2, 0.25) is 0 Å². The van der Waals surface area contributed by atoms with E-state index in [4.69, 9.17) is 5.11 Å². The molecule has 0 amide bonds. The molecule has 0 atom stereocenters. The SMILES string of the molecule is CCCc1c(C(=O)O)cnn1-c1ccc(F)cc1. The first-order valence-electron chi connectivity index (χ1n) is 5.69. The maximum absolute atomic E-state index is 12.9. The normalized spacial score (nSPS) is 10.6. The predicted molar refractivity (Wildman–Crippen MR) is 64.5 cm³/mol. The summed E-state index contributed by atoms with van der Waals surface area (Å²) in [6.45, 7) is 1.97. The third kappa shape index (κ3) is 2.25. The van der Waals surface area contributed by atoms with E-state index in [1.54, 1.807) is 16.8 Å². The largest absolute Gasteiger partial charge is 0.478 e. The summed E-state index contributed by atoms with van der Waals surface area (Å²) in [5.41, 5.74) is 1.49. The number of carbonyl (C=O) groups is 1. The van der Waals surface area contributed by atoms with Crippen molar-refractivity contribution in [2.24, 2.45) is 0 Å². The van der Waals surface area contributed by atoms with Crippen LogP contribution in [0.2, 0.25) is 0 Å². The number of hydrogen-bond acceptors (Lipinski definition) is 2. The summed E-state index contributed by atoms with van der Waals surface area (Å²) in [5.74, 6) is -1.33. The van der Waals surface area contributed by atoms with Gasteiger partial charge in [-0.15, -0.1) is 0 Å². The average Bonchev–Trinajstić information content (AvgIpc) is 2.74. The summed E-state index contributed by atoms with van der Waals surface area (Å²) in [6, 6.07) is 5.81. The number of rotatable bonds is 4. The van der Waals surface area contributed by atoms with Crippen LogP contribution in [0, 0.1) is 5.82 Å². The van der Waals surface area contributed by atoms with Crippen LogP contribution in [0.1, 0.15) is 29.4 Å². The Morgan fingerprint density at radius 3 is 2.61 bits per heavy atom. The first kappa shape index (κ1) is 12.3. The second kappa shape index (κ2) is 5.00. The second-order valence-electron chi connectivity index (χ2n) is 3.95. The third-order valence-electron chi connectivity index (χ3n) is 2.66. The Kier molecular flexibility index (Phi) is 3.41. The van der Waals surface area contributed by atoms with E-state index in [1.807, 2.05) is 6.92 Å². The number of hydrogen-bond donors (Lipinski definition) is 1. The molecule has 4 nitrogen and oxygen atoms in total. The highest BCUT2D eigenvalue weighted by molar-refractivity contribution is 5.88. The van der Waals surface area contributed by atoms with Gasteiger partial charge in [0.05, 0.1) is 17.6 Å². The lowest BCUT2D eigenvalue weighted by Gasteiger charge is -2.07. The van der Waals surface area contributed by atoms with E-state index in [2.05, 4.69) is 5.10 Å². The molecular weight excluding hydrogens is 235 g/mol. The van der Waals surface area contributed by atoms with Gasteiger partial charge < -0.3 is 5.11 Å². The molecule has 2 rings (SSSR count). The standard InChI is InChI=1S/C13H13FN2O2/c1-2-3-12-11(13(17)18)8-15-16(12)10-6-4-9(14)5-7-10/h4-8H,2-3H2,1H3,(H,17,18). The van der Waals surface area contributed by atoms with Crippen LogP contribution in [0.5, 0.6) is 0 Å². The van der Waals surface area contributed by atoms with E-state index in [-0.39, 0.29) is 11.4 Å². The Hall–Kier alpha value is -2.17. The van der Waals surface area contributed by atoms with E-state index in [1.165, 1.54) is 18.3 Å². The van der Waals surface area contributed by atoms with Gasteiger partial charge in [-0.25, -0.2) is 13.9 Å². The summed E-state index contributed by atoms with van der Waals surface area (Å²) in [5, 5.41) is 13.2. The van der Waals surface area contributed by atoms with Crippen LogP contribution in [0.3, 0.4) is 0 Å². The van der Waals surface area contributed by atoms with Crippen LogP contribution in [0.25, 0.3) is 5.69 Å². The van der Waals surface area contributed by atoms with Crippen molar-refractivity contribution >= 4 is 5.97 Å². The van der Waals surface area contributed by atoms with Gasteiger partial charge in [0.15, 0.2) is 0 Å². The molecule has 0 unspecified atom stereocenters. The van der Waals surface area contributed by atoms with Gasteiger partial charge in [0.25, 0.3) is 0 Å². The maximum atomic E-state index is 12.9. The predicted octanol–water partition coefficient (Wildman–Crippen LogP) is 2.66. The summed E-state index contributed by atoms with van der Waals surface area (Å²) in [4.78, 5) is 11.1. The zero-order valence-electron chi connectivity index (χ0n) is 9.93. The molecule has 1 heterocycles. The van der Waals surface area contributed by atoms with Gasteiger partial charge >= 0.3 is 5.97 Å². The summed E-state index contributed by atoms with van der Waals surface area (Å²) in [6.07, 6.45) is 2.75. The maximum Gasteiger partial charge on any atom is 0.339 e. The van der Waals surface area contributed by atoms with Crippen molar-refractivity contribution in [3.05, 3.63) is 47.5 Å². The lowest BCUT2D eigenvalue weighted by atomic mass is 10.1. The number of carboxylic acid groups (broad SMARTS) is 1. The van der Waals surface area contributed by atoms with Gasteiger partial charge in [0.1, 0.15) is 11.4 Å². The van der Waals surface area contributed by atoms with Crippen LogP contribution >= 0.6 is 0 Å². The van der Waals surface area contributed by atoms with Crippen molar-refractivity contribution in [3.63, 3.8) is 0 Å². The van der Waals surface area contributed by atoms with Crippen LogP contribution in [0.4, 0.5) is 4.39 Å². The molecule has 1 aromatic heterocycles. The molecule has 0 saturated carbocycles. The zero-order valence-corrected chi connectivity index (χ0v) is 9.93. The van der Waals surface area contributed by atoms with Crippen LogP contribution < -0.4 is 0 Å². The minimum Gasteiger partial charge on any atom is -0.478 e. The molecule has 0 saturated heterocycles. The Morgan fingerprint density at radius 1 is 1.39 bits per heavy atom.